The first-order valence-electron chi connectivity index (χ1n) is 6.09. The van der Waals surface area contributed by atoms with Crippen LogP contribution in [0.5, 0.6) is 0 Å². The van der Waals surface area contributed by atoms with Crippen molar-refractivity contribution in [1.82, 2.24) is 5.32 Å². The van der Waals surface area contributed by atoms with Gasteiger partial charge in [-0.25, -0.2) is 0 Å². The number of benzene rings is 2. The zero-order chi connectivity index (χ0) is 12.6. The van der Waals surface area contributed by atoms with Crippen molar-refractivity contribution in [1.29, 1.82) is 0 Å². The Balaban J connectivity index is 1.66. The summed E-state index contributed by atoms with van der Waals surface area (Å²) in [5.41, 5.74) is 2.29. The van der Waals surface area contributed by atoms with Crippen LogP contribution in [0.15, 0.2) is 54.6 Å². The van der Waals surface area contributed by atoms with Gasteiger partial charge in [-0.15, -0.1) is 0 Å². The van der Waals surface area contributed by atoms with E-state index in [9.17, 15) is 0 Å². The van der Waals surface area contributed by atoms with E-state index < -0.39 is 0 Å². The van der Waals surface area contributed by atoms with Gasteiger partial charge in [-0.2, -0.15) is 0 Å². The Morgan fingerprint density at radius 1 is 0.833 bits per heavy atom. The second-order valence-electron chi connectivity index (χ2n) is 4.06. The SMILES string of the molecule is Clc1ccccc1CNCCNc1ccccc1. The molecule has 2 N–H and O–H groups in total. The second kappa shape index (κ2) is 7.04. The maximum atomic E-state index is 6.08. The number of halogens is 1. The monoisotopic (exact) mass is 260 g/mol. The molecule has 0 aromatic heterocycles. The molecule has 3 heteroatoms. The van der Waals surface area contributed by atoms with Crippen LogP contribution in [0.4, 0.5) is 5.69 Å². The minimum absolute atomic E-state index is 0.802. The van der Waals surface area contributed by atoms with Gasteiger partial charge in [0, 0.05) is 30.3 Å². The van der Waals surface area contributed by atoms with E-state index in [4.69, 9.17) is 11.6 Å². The van der Waals surface area contributed by atoms with Crippen molar-refractivity contribution in [2.75, 3.05) is 18.4 Å². The van der Waals surface area contributed by atoms with Gasteiger partial charge in [0.1, 0.15) is 0 Å². The average Bonchev–Trinajstić information content (AvgIpc) is 2.42. The van der Waals surface area contributed by atoms with Gasteiger partial charge in [-0.1, -0.05) is 48.0 Å². The van der Waals surface area contributed by atoms with Crippen LogP contribution in [-0.4, -0.2) is 13.1 Å². The molecule has 0 aliphatic heterocycles. The van der Waals surface area contributed by atoms with Crippen LogP contribution < -0.4 is 10.6 Å². The maximum absolute atomic E-state index is 6.08. The lowest BCUT2D eigenvalue weighted by atomic mass is 10.2. The van der Waals surface area contributed by atoms with Gasteiger partial charge in [0.15, 0.2) is 0 Å². The first-order chi connectivity index (χ1) is 8.86. The lowest BCUT2D eigenvalue weighted by Crippen LogP contribution is -2.21. The van der Waals surface area contributed by atoms with E-state index in [1.807, 2.05) is 42.5 Å². The summed E-state index contributed by atoms with van der Waals surface area (Å²) in [6.45, 7) is 2.60. The van der Waals surface area contributed by atoms with Crippen LogP contribution in [0.2, 0.25) is 5.02 Å². The van der Waals surface area contributed by atoms with E-state index in [2.05, 4.69) is 22.8 Å². The van der Waals surface area contributed by atoms with Crippen molar-refractivity contribution >= 4 is 17.3 Å². The summed E-state index contributed by atoms with van der Waals surface area (Å²) in [5, 5.41) is 7.54. The third-order valence-corrected chi connectivity index (χ3v) is 3.05. The molecule has 0 saturated heterocycles. The summed E-state index contributed by atoms with van der Waals surface area (Å²) in [6.07, 6.45) is 0. The van der Waals surface area contributed by atoms with Gasteiger partial charge in [0.05, 0.1) is 0 Å². The molecule has 0 saturated carbocycles. The van der Waals surface area contributed by atoms with Crippen LogP contribution >= 0.6 is 11.6 Å². The molecule has 0 aliphatic carbocycles. The highest BCUT2D eigenvalue weighted by Gasteiger charge is 1.97. The maximum Gasteiger partial charge on any atom is 0.0450 e. The van der Waals surface area contributed by atoms with E-state index in [-0.39, 0.29) is 0 Å². The van der Waals surface area contributed by atoms with Crippen molar-refractivity contribution in [3.63, 3.8) is 0 Å². The summed E-state index contributed by atoms with van der Waals surface area (Å²) < 4.78 is 0. The van der Waals surface area contributed by atoms with E-state index in [0.29, 0.717) is 0 Å². The zero-order valence-corrected chi connectivity index (χ0v) is 11.0. The first-order valence-corrected chi connectivity index (χ1v) is 6.47. The molecule has 0 bridgehead atoms. The molecule has 18 heavy (non-hydrogen) atoms. The van der Waals surface area contributed by atoms with Gasteiger partial charge >= 0.3 is 0 Å². The predicted molar refractivity (Wildman–Crippen MR) is 78.1 cm³/mol. The molecular formula is C15H17ClN2. The number of para-hydroxylation sites is 1. The zero-order valence-electron chi connectivity index (χ0n) is 10.2. The van der Waals surface area contributed by atoms with Crippen LogP contribution in [0.1, 0.15) is 5.56 Å². The quantitative estimate of drug-likeness (QED) is 0.777. The lowest BCUT2D eigenvalue weighted by Gasteiger charge is -2.08. The van der Waals surface area contributed by atoms with E-state index in [1.54, 1.807) is 0 Å². The van der Waals surface area contributed by atoms with Gasteiger partial charge in [0.25, 0.3) is 0 Å². The van der Waals surface area contributed by atoms with Crippen molar-refractivity contribution < 1.29 is 0 Å². The minimum Gasteiger partial charge on any atom is -0.384 e. The Labute approximate surface area is 113 Å². The first kappa shape index (κ1) is 12.9. The minimum atomic E-state index is 0.802. The van der Waals surface area contributed by atoms with Crippen molar-refractivity contribution in [2.24, 2.45) is 0 Å². The Bertz CT molecular complexity index is 471. The fraction of sp³-hybridized carbons (Fsp3) is 0.200. The molecule has 0 spiro atoms. The van der Waals surface area contributed by atoms with E-state index in [1.165, 1.54) is 0 Å². The Morgan fingerprint density at radius 2 is 1.56 bits per heavy atom. The van der Waals surface area contributed by atoms with Gasteiger partial charge < -0.3 is 10.6 Å². The molecule has 2 aromatic carbocycles. The van der Waals surface area contributed by atoms with Crippen LogP contribution in [-0.2, 0) is 6.54 Å². The third-order valence-electron chi connectivity index (χ3n) is 2.68. The lowest BCUT2D eigenvalue weighted by molar-refractivity contribution is 0.707. The van der Waals surface area contributed by atoms with Crippen LogP contribution in [0, 0.1) is 0 Å². The van der Waals surface area contributed by atoms with Gasteiger partial charge in [-0.3, -0.25) is 0 Å². The molecule has 0 aliphatic rings. The Hall–Kier alpha value is -1.51. The largest absolute Gasteiger partial charge is 0.384 e. The number of hydrogen-bond donors (Lipinski definition) is 2. The molecule has 0 fully saturated rings. The van der Waals surface area contributed by atoms with Crippen molar-refractivity contribution in [3.8, 4) is 0 Å². The van der Waals surface area contributed by atoms with Crippen LogP contribution in [0.25, 0.3) is 0 Å². The number of nitrogens with one attached hydrogen (secondary N) is 2. The average molecular weight is 261 g/mol. The summed E-state index contributed by atoms with van der Waals surface area (Å²) in [5.74, 6) is 0. The molecule has 94 valence electrons. The highest BCUT2D eigenvalue weighted by atomic mass is 35.5. The number of hydrogen-bond acceptors (Lipinski definition) is 2. The summed E-state index contributed by atoms with van der Waals surface area (Å²) in [4.78, 5) is 0. The Morgan fingerprint density at radius 3 is 2.33 bits per heavy atom. The third kappa shape index (κ3) is 4.06. The molecule has 2 aromatic rings. The molecule has 2 nitrogen and oxygen atoms in total. The molecule has 0 radical (unpaired) electrons. The van der Waals surface area contributed by atoms with Gasteiger partial charge in [-0.05, 0) is 23.8 Å². The number of anilines is 1. The molecular weight excluding hydrogens is 244 g/mol. The fourth-order valence-corrected chi connectivity index (χ4v) is 1.92. The van der Waals surface area contributed by atoms with E-state index >= 15 is 0 Å². The fourth-order valence-electron chi connectivity index (χ4n) is 1.72. The smallest absolute Gasteiger partial charge is 0.0450 e. The topological polar surface area (TPSA) is 24.1 Å². The molecule has 0 amide bonds. The van der Waals surface area contributed by atoms with E-state index in [0.717, 1.165) is 35.9 Å². The molecule has 0 unspecified atom stereocenters. The van der Waals surface area contributed by atoms with Crippen LogP contribution in [0.3, 0.4) is 0 Å². The Kier molecular flexibility index (Phi) is 5.06. The predicted octanol–water partition coefficient (Wildman–Crippen LogP) is 3.54. The second-order valence-corrected chi connectivity index (χ2v) is 4.47. The summed E-state index contributed by atoms with van der Waals surface area (Å²) >= 11 is 6.08. The van der Waals surface area contributed by atoms with Crippen molar-refractivity contribution in [3.05, 3.63) is 65.2 Å². The molecule has 0 atom stereocenters. The van der Waals surface area contributed by atoms with Gasteiger partial charge in [0.2, 0.25) is 0 Å². The highest BCUT2D eigenvalue weighted by molar-refractivity contribution is 6.31. The standard InChI is InChI=1S/C15H17ClN2/c16-15-9-5-4-6-13(15)12-17-10-11-18-14-7-2-1-3-8-14/h1-9,17-18H,10-12H2. The summed E-state index contributed by atoms with van der Waals surface area (Å²) in [6, 6.07) is 18.1. The molecule has 0 heterocycles. The normalized spacial score (nSPS) is 10.3. The number of rotatable bonds is 6. The molecule has 2 rings (SSSR count). The summed E-state index contributed by atoms with van der Waals surface area (Å²) in [7, 11) is 0. The van der Waals surface area contributed by atoms with Crippen molar-refractivity contribution in [2.45, 2.75) is 6.54 Å². The highest BCUT2D eigenvalue weighted by Crippen LogP contribution is 2.14.